The van der Waals surface area contributed by atoms with Crippen LogP contribution in [0, 0.1) is 6.92 Å². The van der Waals surface area contributed by atoms with E-state index in [-0.39, 0.29) is 5.48 Å². The van der Waals surface area contributed by atoms with Gasteiger partial charge in [0.05, 0.1) is 5.69 Å². The normalized spacial score (nSPS) is 7.57. The molecule has 0 aliphatic heterocycles. The van der Waals surface area contributed by atoms with Gasteiger partial charge in [-0.25, -0.2) is 0 Å². The van der Waals surface area contributed by atoms with Gasteiger partial charge in [0.15, 0.2) is 0 Å². The fourth-order valence-electron chi connectivity index (χ4n) is 0.334. The monoisotopic (exact) mass is 100 g/mol. The molecule has 0 bridgehead atoms. The Morgan fingerprint density at radius 2 is 2.43 bits per heavy atom. The van der Waals surface area contributed by atoms with E-state index in [1.807, 2.05) is 13.0 Å². The molecule has 0 saturated heterocycles. The highest BCUT2D eigenvalue weighted by molar-refractivity contribution is 4.91. The first-order valence-corrected chi connectivity index (χ1v) is 1.86. The lowest BCUT2D eigenvalue weighted by Gasteiger charge is -1.65. The van der Waals surface area contributed by atoms with Crippen molar-refractivity contribution in [1.82, 2.24) is 10.2 Å². The van der Waals surface area contributed by atoms with Crippen LogP contribution in [0.1, 0.15) is 5.69 Å². The zero-order valence-corrected chi connectivity index (χ0v) is 4.10. The van der Waals surface area contributed by atoms with Gasteiger partial charge in [-0.05, 0) is 13.0 Å². The molecule has 3 heteroatoms. The third-order valence-corrected chi connectivity index (χ3v) is 0.640. The van der Waals surface area contributed by atoms with Crippen LogP contribution in [0.4, 0.5) is 0 Å². The van der Waals surface area contributed by atoms with E-state index in [0.29, 0.717) is 0 Å². The first-order valence-electron chi connectivity index (χ1n) is 1.86. The van der Waals surface area contributed by atoms with Gasteiger partial charge in [-0.1, -0.05) is 0 Å². The second-order valence-corrected chi connectivity index (χ2v) is 1.22. The Hall–Kier alpha value is -0.830. The van der Waals surface area contributed by atoms with Gasteiger partial charge >= 0.3 is 0 Å². The van der Waals surface area contributed by atoms with Crippen molar-refractivity contribution in [1.29, 1.82) is 0 Å². The van der Waals surface area contributed by atoms with Crippen molar-refractivity contribution >= 4 is 0 Å². The van der Waals surface area contributed by atoms with Crippen molar-refractivity contribution in [3.05, 3.63) is 18.0 Å². The van der Waals surface area contributed by atoms with Gasteiger partial charge in [-0.15, -0.1) is 0 Å². The molecule has 0 saturated carbocycles. The molecule has 0 spiro atoms. The minimum Gasteiger partial charge on any atom is -0.412 e. The van der Waals surface area contributed by atoms with Crippen molar-refractivity contribution in [2.24, 2.45) is 0 Å². The molecular weight excluding hydrogens is 92.1 g/mol. The molecule has 0 aliphatic carbocycles. The third kappa shape index (κ3) is 1.36. The van der Waals surface area contributed by atoms with E-state index >= 15 is 0 Å². The lowest BCUT2D eigenvalue weighted by molar-refractivity contribution is 0.824. The van der Waals surface area contributed by atoms with Crippen molar-refractivity contribution in [2.75, 3.05) is 0 Å². The van der Waals surface area contributed by atoms with Crippen LogP contribution in [0.5, 0.6) is 0 Å². The van der Waals surface area contributed by atoms with Crippen LogP contribution in [0.25, 0.3) is 0 Å². The number of rotatable bonds is 0. The smallest absolute Gasteiger partial charge is 0.0591 e. The topological polar surface area (TPSA) is 60.2 Å². The molecule has 1 heterocycles. The number of aromatic nitrogens is 2. The van der Waals surface area contributed by atoms with Crippen LogP contribution in [0.15, 0.2) is 12.3 Å². The number of H-pyrrole nitrogens is 1. The van der Waals surface area contributed by atoms with Gasteiger partial charge in [-0.2, -0.15) is 5.10 Å². The average Bonchev–Trinajstić information content (AvgIpc) is 1.86. The molecule has 0 unspecified atom stereocenters. The van der Waals surface area contributed by atoms with Crippen molar-refractivity contribution in [2.45, 2.75) is 6.92 Å². The Morgan fingerprint density at radius 1 is 1.71 bits per heavy atom. The summed E-state index contributed by atoms with van der Waals surface area (Å²) in [6.07, 6.45) is 1.80. The molecule has 3 nitrogen and oxygen atoms in total. The van der Waals surface area contributed by atoms with Gasteiger partial charge in [0.25, 0.3) is 0 Å². The molecule has 40 valence electrons. The molecule has 0 fully saturated rings. The summed E-state index contributed by atoms with van der Waals surface area (Å²) in [4.78, 5) is 0. The first-order chi connectivity index (χ1) is 2.89. The maximum Gasteiger partial charge on any atom is 0.0591 e. The van der Waals surface area contributed by atoms with Crippen LogP contribution in [0.2, 0.25) is 0 Å². The second kappa shape index (κ2) is 2.36. The fraction of sp³-hybridized carbons (Fsp3) is 0.250. The Labute approximate surface area is 41.7 Å². The molecule has 0 aliphatic rings. The summed E-state index contributed by atoms with van der Waals surface area (Å²) < 4.78 is 0. The van der Waals surface area contributed by atoms with Crippen LogP contribution in [0.3, 0.4) is 0 Å². The van der Waals surface area contributed by atoms with Gasteiger partial charge in [0.1, 0.15) is 0 Å². The summed E-state index contributed by atoms with van der Waals surface area (Å²) in [7, 11) is 0. The molecular formula is C4H8N2O. The Balaban J connectivity index is 0.000000360. The quantitative estimate of drug-likeness (QED) is 0.486. The van der Waals surface area contributed by atoms with Crippen molar-refractivity contribution < 1.29 is 5.48 Å². The number of aromatic amines is 1. The lowest BCUT2D eigenvalue weighted by atomic mass is 10.5. The minimum atomic E-state index is 0. The third-order valence-electron chi connectivity index (χ3n) is 0.640. The number of nitrogens with one attached hydrogen (secondary N) is 1. The van der Waals surface area contributed by atoms with Crippen LogP contribution >= 0.6 is 0 Å². The molecule has 7 heavy (non-hydrogen) atoms. The van der Waals surface area contributed by atoms with E-state index in [4.69, 9.17) is 0 Å². The number of nitrogens with zero attached hydrogens (tertiary/aromatic N) is 1. The lowest BCUT2D eigenvalue weighted by Crippen LogP contribution is -1.65. The maximum atomic E-state index is 3.79. The molecule has 1 rings (SSSR count). The van der Waals surface area contributed by atoms with E-state index in [1.54, 1.807) is 6.20 Å². The van der Waals surface area contributed by atoms with Crippen LogP contribution in [-0.2, 0) is 0 Å². The summed E-state index contributed by atoms with van der Waals surface area (Å²) in [6, 6.07) is 1.92. The fourth-order valence-corrected chi connectivity index (χ4v) is 0.334. The zero-order chi connectivity index (χ0) is 4.41. The van der Waals surface area contributed by atoms with E-state index < -0.39 is 0 Å². The van der Waals surface area contributed by atoms with Crippen LogP contribution < -0.4 is 0 Å². The van der Waals surface area contributed by atoms with Crippen molar-refractivity contribution in [3.8, 4) is 0 Å². The van der Waals surface area contributed by atoms with Gasteiger partial charge in [-0.3, -0.25) is 5.10 Å². The largest absolute Gasteiger partial charge is 0.412 e. The predicted octanol–water partition coefficient (Wildman–Crippen LogP) is -0.107. The summed E-state index contributed by atoms with van der Waals surface area (Å²) in [5.74, 6) is 0. The number of hydrogen-bond donors (Lipinski definition) is 1. The van der Waals surface area contributed by atoms with E-state index in [1.165, 1.54) is 0 Å². The highest BCUT2D eigenvalue weighted by Gasteiger charge is 1.74. The highest BCUT2D eigenvalue weighted by Crippen LogP contribution is 1.82. The number of hydrogen-bond acceptors (Lipinski definition) is 1. The van der Waals surface area contributed by atoms with Gasteiger partial charge in [0.2, 0.25) is 0 Å². The maximum absolute atomic E-state index is 3.79. The first kappa shape index (κ1) is 6.17. The van der Waals surface area contributed by atoms with Gasteiger partial charge < -0.3 is 5.48 Å². The second-order valence-electron chi connectivity index (χ2n) is 1.22. The van der Waals surface area contributed by atoms with E-state index in [9.17, 15) is 0 Å². The zero-order valence-electron chi connectivity index (χ0n) is 4.10. The molecule has 3 N–H and O–H groups in total. The van der Waals surface area contributed by atoms with Crippen molar-refractivity contribution in [3.63, 3.8) is 0 Å². The molecule has 0 atom stereocenters. The summed E-state index contributed by atoms with van der Waals surface area (Å²) >= 11 is 0. The Morgan fingerprint density at radius 3 is 2.57 bits per heavy atom. The summed E-state index contributed by atoms with van der Waals surface area (Å²) in [5, 5.41) is 6.47. The molecule has 1 aromatic rings. The Kier molecular flexibility index (Phi) is 2.08. The molecule has 0 amide bonds. The molecule has 1 aromatic heterocycles. The minimum absolute atomic E-state index is 0. The average molecular weight is 100 g/mol. The predicted molar refractivity (Wildman–Crippen MR) is 26.9 cm³/mol. The Bertz CT molecular complexity index is 113. The molecule has 0 radical (unpaired) electrons. The van der Waals surface area contributed by atoms with E-state index in [2.05, 4.69) is 10.2 Å². The highest BCUT2D eigenvalue weighted by atomic mass is 16.0. The van der Waals surface area contributed by atoms with E-state index in [0.717, 1.165) is 5.69 Å². The van der Waals surface area contributed by atoms with Crippen LogP contribution in [-0.4, -0.2) is 15.7 Å². The SMILES string of the molecule is Cc1cc[nH]n1.O. The number of aryl methyl sites for hydroxylation is 1. The summed E-state index contributed by atoms with van der Waals surface area (Å²) in [6.45, 7) is 1.94. The van der Waals surface area contributed by atoms with Gasteiger partial charge in [0, 0.05) is 6.20 Å². The standard InChI is InChI=1S/C4H6N2.H2O/c1-4-2-3-5-6-4;/h2-3H,1H3,(H,5,6);1H2. The summed E-state index contributed by atoms with van der Waals surface area (Å²) in [5.41, 5.74) is 1.04. The molecule has 0 aromatic carbocycles.